The zero-order valence-electron chi connectivity index (χ0n) is 17.3. The van der Waals surface area contributed by atoms with E-state index in [4.69, 9.17) is 14.2 Å². The van der Waals surface area contributed by atoms with Gasteiger partial charge in [-0.15, -0.1) is 0 Å². The van der Waals surface area contributed by atoms with Crippen molar-refractivity contribution < 1.29 is 19.0 Å². The first-order chi connectivity index (χ1) is 14.6. The van der Waals surface area contributed by atoms with E-state index in [1.807, 2.05) is 43.5 Å². The molecular weight excluding hydrogens is 384 g/mol. The molecule has 2 aromatic heterocycles. The van der Waals surface area contributed by atoms with Gasteiger partial charge in [0, 0.05) is 23.7 Å². The van der Waals surface area contributed by atoms with Crippen LogP contribution in [0.15, 0.2) is 36.5 Å². The first-order valence-corrected chi connectivity index (χ1v) is 9.78. The Labute approximate surface area is 174 Å². The van der Waals surface area contributed by atoms with Crippen LogP contribution < -0.4 is 9.47 Å². The molecule has 0 saturated carbocycles. The van der Waals surface area contributed by atoms with Gasteiger partial charge in [0.1, 0.15) is 6.10 Å². The molecule has 3 heterocycles. The third kappa shape index (κ3) is 4.04. The van der Waals surface area contributed by atoms with Crippen molar-refractivity contribution in [2.24, 2.45) is 0 Å². The fourth-order valence-corrected chi connectivity index (χ4v) is 3.60. The molecule has 0 N–H and O–H groups in total. The van der Waals surface area contributed by atoms with E-state index in [2.05, 4.69) is 15.0 Å². The number of aryl methyl sites for hydroxylation is 1. The third-order valence-corrected chi connectivity index (χ3v) is 5.26. The molecule has 0 radical (unpaired) electrons. The molecule has 1 saturated heterocycles. The van der Waals surface area contributed by atoms with E-state index in [0.717, 1.165) is 16.5 Å². The molecule has 30 heavy (non-hydrogen) atoms. The van der Waals surface area contributed by atoms with E-state index >= 15 is 0 Å². The van der Waals surface area contributed by atoms with Crippen LogP contribution in [-0.4, -0.2) is 59.7 Å². The second kappa shape index (κ2) is 8.62. The Morgan fingerprint density at radius 1 is 1.20 bits per heavy atom. The second-order valence-electron chi connectivity index (χ2n) is 7.12. The Morgan fingerprint density at radius 3 is 2.77 bits per heavy atom. The van der Waals surface area contributed by atoms with Gasteiger partial charge in [0.05, 0.1) is 45.2 Å². The molecule has 0 unspecified atom stereocenters. The van der Waals surface area contributed by atoms with Crippen LogP contribution in [-0.2, 0) is 16.0 Å². The van der Waals surface area contributed by atoms with Crippen molar-refractivity contribution in [3.63, 3.8) is 0 Å². The quantitative estimate of drug-likeness (QED) is 0.641. The number of hydrogen-bond acceptors (Lipinski definition) is 7. The number of carbonyl (C=O) groups excluding carboxylic acids is 1. The van der Waals surface area contributed by atoms with Gasteiger partial charge in [-0.1, -0.05) is 24.3 Å². The maximum atomic E-state index is 13.0. The maximum absolute atomic E-state index is 13.0. The lowest BCUT2D eigenvalue weighted by Gasteiger charge is -2.33. The SMILES string of the molecule is COc1nc(C)c(CC(=O)N2CCO[C@H](c3cc4ccccc4cn3)C2)c(OC)n1. The van der Waals surface area contributed by atoms with Crippen molar-refractivity contribution >= 4 is 16.7 Å². The first-order valence-electron chi connectivity index (χ1n) is 9.78. The molecule has 156 valence electrons. The maximum Gasteiger partial charge on any atom is 0.319 e. The Morgan fingerprint density at radius 2 is 2.00 bits per heavy atom. The van der Waals surface area contributed by atoms with Crippen LogP contribution in [0.5, 0.6) is 11.9 Å². The van der Waals surface area contributed by atoms with Crippen molar-refractivity contribution in [1.82, 2.24) is 19.9 Å². The molecule has 0 bridgehead atoms. The molecule has 0 spiro atoms. The van der Waals surface area contributed by atoms with Crippen molar-refractivity contribution in [3.05, 3.63) is 53.5 Å². The number of hydrogen-bond donors (Lipinski definition) is 0. The second-order valence-corrected chi connectivity index (χ2v) is 7.12. The summed E-state index contributed by atoms with van der Waals surface area (Å²) in [6.45, 7) is 3.25. The van der Waals surface area contributed by atoms with Crippen LogP contribution in [0.3, 0.4) is 0 Å². The molecule has 8 heteroatoms. The number of aromatic nitrogens is 3. The standard InChI is InChI=1S/C22H24N4O4/c1-14-17(21(28-2)25-22(24-14)29-3)11-20(27)26-8-9-30-19(13-26)18-10-15-6-4-5-7-16(15)12-23-18/h4-7,10,12,19H,8-9,11,13H2,1-3H3/t19-/m0/s1. The third-order valence-electron chi connectivity index (χ3n) is 5.26. The largest absolute Gasteiger partial charge is 0.481 e. The minimum Gasteiger partial charge on any atom is -0.481 e. The zero-order chi connectivity index (χ0) is 21.1. The molecule has 3 aromatic rings. The normalized spacial score (nSPS) is 16.5. The predicted molar refractivity (Wildman–Crippen MR) is 111 cm³/mol. The summed E-state index contributed by atoms with van der Waals surface area (Å²) in [6, 6.07) is 10.3. The number of amides is 1. The van der Waals surface area contributed by atoms with E-state index in [-0.39, 0.29) is 24.4 Å². The van der Waals surface area contributed by atoms with Gasteiger partial charge >= 0.3 is 6.01 Å². The predicted octanol–water partition coefficient (Wildman–Crippen LogP) is 2.49. The highest BCUT2D eigenvalue weighted by molar-refractivity contribution is 5.82. The lowest BCUT2D eigenvalue weighted by Crippen LogP contribution is -2.43. The summed E-state index contributed by atoms with van der Waals surface area (Å²) in [5, 5.41) is 2.18. The van der Waals surface area contributed by atoms with Crippen molar-refractivity contribution in [3.8, 4) is 11.9 Å². The lowest BCUT2D eigenvalue weighted by molar-refractivity contribution is -0.138. The molecule has 1 amide bonds. The number of benzene rings is 1. The Kier molecular flexibility index (Phi) is 5.76. The summed E-state index contributed by atoms with van der Waals surface area (Å²) in [5.41, 5.74) is 2.15. The van der Waals surface area contributed by atoms with Gasteiger partial charge in [-0.05, 0) is 18.4 Å². The topological polar surface area (TPSA) is 86.7 Å². The van der Waals surface area contributed by atoms with Crippen molar-refractivity contribution in [2.75, 3.05) is 33.9 Å². The fourth-order valence-electron chi connectivity index (χ4n) is 3.60. The Hall–Kier alpha value is -3.26. The molecule has 4 rings (SSSR count). The van der Waals surface area contributed by atoms with Gasteiger partial charge < -0.3 is 19.1 Å². The van der Waals surface area contributed by atoms with Crippen LogP contribution in [0.4, 0.5) is 0 Å². The highest BCUT2D eigenvalue weighted by Crippen LogP contribution is 2.26. The summed E-state index contributed by atoms with van der Waals surface area (Å²) in [6.07, 6.45) is 1.73. The summed E-state index contributed by atoms with van der Waals surface area (Å²) >= 11 is 0. The summed E-state index contributed by atoms with van der Waals surface area (Å²) in [7, 11) is 3.01. The molecule has 1 aliphatic rings. The van der Waals surface area contributed by atoms with E-state index < -0.39 is 0 Å². The highest BCUT2D eigenvalue weighted by atomic mass is 16.5. The van der Waals surface area contributed by atoms with Crippen LogP contribution in [0.1, 0.15) is 23.1 Å². The molecular formula is C22H24N4O4. The number of pyridine rings is 1. The monoisotopic (exact) mass is 408 g/mol. The van der Waals surface area contributed by atoms with E-state index in [1.165, 1.54) is 14.2 Å². The minimum atomic E-state index is -0.262. The number of carbonyl (C=O) groups is 1. The molecule has 8 nitrogen and oxygen atoms in total. The number of morpholine rings is 1. The average molecular weight is 408 g/mol. The summed E-state index contributed by atoms with van der Waals surface area (Å²) in [5.74, 6) is 0.327. The first kappa shape index (κ1) is 20.0. The number of methoxy groups -OCH3 is 2. The molecule has 1 fully saturated rings. The van der Waals surface area contributed by atoms with Gasteiger partial charge in [-0.25, -0.2) is 4.98 Å². The Bertz CT molecular complexity index is 1070. The number of nitrogens with zero attached hydrogens (tertiary/aromatic N) is 4. The van der Waals surface area contributed by atoms with Crippen LogP contribution in [0.2, 0.25) is 0 Å². The van der Waals surface area contributed by atoms with E-state index in [9.17, 15) is 4.79 Å². The summed E-state index contributed by atoms with van der Waals surface area (Å²) in [4.78, 5) is 27.9. The fraction of sp³-hybridized carbons (Fsp3) is 0.364. The zero-order valence-corrected chi connectivity index (χ0v) is 17.3. The van der Waals surface area contributed by atoms with Crippen LogP contribution in [0, 0.1) is 6.92 Å². The highest BCUT2D eigenvalue weighted by Gasteiger charge is 2.28. The van der Waals surface area contributed by atoms with Crippen LogP contribution >= 0.6 is 0 Å². The van der Waals surface area contributed by atoms with Gasteiger partial charge in [-0.2, -0.15) is 4.98 Å². The smallest absolute Gasteiger partial charge is 0.319 e. The summed E-state index contributed by atoms with van der Waals surface area (Å²) < 4.78 is 16.4. The number of rotatable bonds is 5. The minimum absolute atomic E-state index is 0.0285. The van der Waals surface area contributed by atoms with Crippen LogP contribution in [0.25, 0.3) is 10.8 Å². The van der Waals surface area contributed by atoms with Gasteiger partial charge in [0.15, 0.2) is 0 Å². The molecule has 1 aromatic carbocycles. The Balaban J connectivity index is 1.51. The number of ether oxygens (including phenoxy) is 3. The molecule has 1 atom stereocenters. The van der Waals surface area contributed by atoms with Crippen molar-refractivity contribution in [2.45, 2.75) is 19.4 Å². The average Bonchev–Trinajstić information content (AvgIpc) is 2.79. The van der Waals surface area contributed by atoms with Gasteiger partial charge in [-0.3, -0.25) is 9.78 Å². The van der Waals surface area contributed by atoms with E-state index in [0.29, 0.717) is 36.8 Å². The van der Waals surface area contributed by atoms with Gasteiger partial charge in [0.2, 0.25) is 11.8 Å². The molecule has 1 aliphatic heterocycles. The van der Waals surface area contributed by atoms with Crippen molar-refractivity contribution in [1.29, 1.82) is 0 Å². The molecule has 0 aliphatic carbocycles. The van der Waals surface area contributed by atoms with E-state index in [1.54, 1.807) is 4.90 Å². The van der Waals surface area contributed by atoms with Gasteiger partial charge in [0.25, 0.3) is 0 Å². The lowest BCUT2D eigenvalue weighted by atomic mass is 10.1. The number of fused-ring (bicyclic) bond motifs is 1.